The van der Waals surface area contributed by atoms with E-state index < -0.39 is 11.8 Å². The molecule has 1 fully saturated rings. The summed E-state index contributed by atoms with van der Waals surface area (Å²) in [7, 11) is 0. The Morgan fingerprint density at radius 1 is 1.25 bits per heavy atom. The minimum absolute atomic E-state index is 0.0689. The molecule has 108 valence electrons. The van der Waals surface area contributed by atoms with E-state index in [-0.39, 0.29) is 12.0 Å². The summed E-state index contributed by atoms with van der Waals surface area (Å²) in [5.41, 5.74) is 0.369. The molecule has 1 aliphatic heterocycles. The molecule has 5 heteroatoms. The molecule has 0 unspecified atom stereocenters. The molecule has 20 heavy (non-hydrogen) atoms. The van der Waals surface area contributed by atoms with Crippen LogP contribution >= 0.6 is 0 Å². The van der Waals surface area contributed by atoms with Gasteiger partial charge in [-0.3, -0.25) is 4.79 Å². The highest BCUT2D eigenvalue weighted by molar-refractivity contribution is 6.40. The van der Waals surface area contributed by atoms with E-state index >= 15 is 0 Å². The summed E-state index contributed by atoms with van der Waals surface area (Å²) in [5.74, 6) is -0.809. The molecule has 1 aromatic rings. The van der Waals surface area contributed by atoms with Crippen molar-refractivity contribution in [2.45, 2.75) is 13.8 Å². The number of esters is 1. The van der Waals surface area contributed by atoms with E-state index in [1.807, 2.05) is 0 Å². The van der Waals surface area contributed by atoms with Crippen molar-refractivity contribution in [2.75, 3.05) is 26.4 Å². The van der Waals surface area contributed by atoms with Gasteiger partial charge in [-0.15, -0.1) is 0 Å². The Hall–Kier alpha value is -1.88. The Morgan fingerprint density at radius 3 is 2.40 bits per heavy atom. The summed E-state index contributed by atoms with van der Waals surface area (Å²) in [6, 6.07) is 6.48. The molecular formula is C15H18O5. The lowest BCUT2D eigenvalue weighted by atomic mass is 9.90. The third-order valence-corrected chi connectivity index (χ3v) is 3.07. The fraction of sp³-hybridized carbons (Fsp3) is 0.467. The van der Waals surface area contributed by atoms with Crippen LogP contribution in [0.25, 0.3) is 0 Å². The van der Waals surface area contributed by atoms with Gasteiger partial charge in [0.1, 0.15) is 5.75 Å². The van der Waals surface area contributed by atoms with Crippen molar-refractivity contribution >= 4 is 11.8 Å². The van der Waals surface area contributed by atoms with Gasteiger partial charge in [0, 0.05) is 11.0 Å². The number of Topliss-reactive ketones (excluding diaryl/α,β-unsaturated/α-hetero) is 1. The number of hydrogen-bond acceptors (Lipinski definition) is 5. The monoisotopic (exact) mass is 278 g/mol. The quantitative estimate of drug-likeness (QED) is 0.451. The number of carbonyl (C=O) groups excluding carboxylic acids is 2. The average Bonchev–Trinajstić information content (AvgIpc) is 2.43. The number of hydrogen-bond donors (Lipinski definition) is 0. The van der Waals surface area contributed by atoms with Crippen LogP contribution in [0, 0.1) is 5.41 Å². The maximum Gasteiger partial charge on any atom is 0.379 e. The standard InChI is InChI=1S/C15H18O5/c1-3-19-14(17)13(16)11-4-6-12(7-5-11)20-10-15(2)8-18-9-15/h4-7H,3,8-10H2,1-2H3. The molecule has 0 bridgehead atoms. The van der Waals surface area contributed by atoms with Crippen molar-refractivity contribution in [1.82, 2.24) is 0 Å². The second kappa shape index (κ2) is 6.05. The number of benzene rings is 1. The Balaban J connectivity index is 1.92. The largest absolute Gasteiger partial charge is 0.493 e. The van der Waals surface area contributed by atoms with E-state index in [2.05, 4.69) is 11.7 Å². The number of ether oxygens (including phenoxy) is 3. The van der Waals surface area contributed by atoms with Crippen LogP contribution in [0.1, 0.15) is 24.2 Å². The normalized spacial score (nSPS) is 16.1. The van der Waals surface area contributed by atoms with Crippen LogP contribution in [-0.2, 0) is 14.3 Å². The molecule has 1 aromatic carbocycles. The second-order valence-corrected chi connectivity index (χ2v) is 5.17. The van der Waals surface area contributed by atoms with E-state index in [1.54, 1.807) is 31.2 Å². The summed E-state index contributed by atoms with van der Waals surface area (Å²) in [6.45, 7) is 5.91. The predicted molar refractivity (Wildman–Crippen MR) is 71.8 cm³/mol. The van der Waals surface area contributed by atoms with Crippen molar-refractivity contribution in [3.8, 4) is 5.75 Å². The topological polar surface area (TPSA) is 61.8 Å². The summed E-state index contributed by atoms with van der Waals surface area (Å²) in [6.07, 6.45) is 0. The summed E-state index contributed by atoms with van der Waals surface area (Å²) < 4.78 is 15.5. The molecule has 0 aliphatic carbocycles. The van der Waals surface area contributed by atoms with Crippen molar-refractivity contribution < 1.29 is 23.8 Å². The molecule has 0 aromatic heterocycles. The van der Waals surface area contributed by atoms with Gasteiger partial charge < -0.3 is 14.2 Å². The predicted octanol–water partition coefficient (Wildman–Crippen LogP) is 1.85. The Bertz CT molecular complexity index is 487. The lowest BCUT2D eigenvalue weighted by molar-refractivity contribution is -0.137. The first-order valence-corrected chi connectivity index (χ1v) is 6.56. The molecule has 0 N–H and O–H groups in total. The van der Waals surface area contributed by atoms with Crippen molar-refractivity contribution in [2.24, 2.45) is 5.41 Å². The minimum Gasteiger partial charge on any atom is -0.493 e. The molecule has 1 heterocycles. The van der Waals surface area contributed by atoms with Gasteiger partial charge in [0.25, 0.3) is 5.78 Å². The van der Waals surface area contributed by atoms with Crippen LogP contribution in [0.4, 0.5) is 0 Å². The molecule has 5 nitrogen and oxygen atoms in total. The Kier molecular flexibility index (Phi) is 4.39. The highest BCUT2D eigenvalue weighted by atomic mass is 16.5. The van der Waals surface area contributed by atoms with Gasteiger partial charge in [0.2, 0.25) is 0 Å². The van der Waals surface area contributed by atoms with Crippen LogP contribution in [-0.4, -0.2) is 38.2 Å². The van der Waals surface area contributed by atoms with Crippen molar-refractivity contribution in [3.63, 3.8) is 0 Å². The Morgan fingerprint density at radius 2 is 1.90 bits per heavy atom. The van der Waals surface area contributed by atoms with Gasteiger partial charge in [0.05, 0.1) is 26.4 Å². The third-order valence-electron chi connectivity index (χ3n) is 3.07. The third kappa shape index (κ3) is 3.36. The average molecular weight is 278 g/mol. The van der Waals surface area contributed by atoms with E-state index in [1.165, 1.54) is 0 Å². The SMILES string of the molecule is CCOC(=O)C(=O)c1ccc(OCC2(C)COC2)cc1. The van der Waals surface area contributed by atoms with Gasteiger partial charge in [0.15, 0.2) is 0 Å². The molecular weight excluding hydrogens is 260 g/mol. The van der Waals surface area contributed by atoms with E-state index in [4.69, 9.17) is 9.47 Å². The van der Waals surface area contributed by atoms with Crippen LogP contribution in [0.2, 0.25) is 0 Å². The van der Waals surface area contributed by atoms with Crippen molar-refractivity contribution in [1.29, 1.82) is 0 Å². The van der Waals surface area contributed by atoms with Crippen LogP contribution in [0.5, 0.6) is 5.75 Å². The van der Waals surface area contributed by atoms with E-state index in [0.29, 0.717) is 31.1 Å². The van der Waals surface area contributed by atoms with Crippen LogP contribution in [0.3, 0.4) is 0 Å². The maximum atomic E-state index is 11.7. The molecule has 0 spiro atoms. The molecule has 2 rings (SSSR count). The highest BCUT2D eigenvalue weighted by Gasteiger charge is 2.34. The minimum atomic E-state index is -0.833. The maximum absolute atomic E-state index is 11.7. The zero-order valence-electron chi connectivity index (χ0n) is 11.7. The van der Waals surface area contributed by atoms with Crippen molar-refractivity contribution in [3.05, 3.63) is 29.8 Å². The first-order valence-electron chi connectivity index (χ1n) is 6.56. The fourth-order valence-electron chi connectivity index (χ4n) is 1.81. The van der Waals surface area contributed by atoms with E-state index in [0.717, 1.165) is 0 Å². The number of carbonyl (C=O) groups is 2. The molecule has 0 radical (unpaired) electrons. The van der Waals surface area contributed by atoms with Gasteiger partial charge in [-0.25, -0.2) is 4.79 Å². The Labute approximate surface area is 117 Å². The molecule has 0 amide bonds. The summed E-state index contributed by atoms with van der Waals surface area (Å²) in [5, 5.41) is 0. The fourth-order valence-corrected chi connectivity index (χ4v) is 1.81. The van der Waals surface area contributed by atoms with Gasteiger partial charge in [-0.05, 0) is 31.2 Å². The van der Waals surface area contributed by atoms with Gasteiger partial charge in [-0.1, -0.05) is 6.92 Å². The molecule has 1 saturated heterocycles. The van der Waals surface area contributed by atoms with Gasteiger partial charge >= 0.3 is 5.97 Å². The first-order chi connectivity index (χ1) is 9.54. The molecule has 0 atom stereocenters. The highest BCUT2D eigenvalue weighted by Crippen LogP contribution is 2.27. The first kappa shape index (κ1) is 14.5. The van der Waals surface area contributed by atoms with Crippen LogP contribution < -0.4 is 4.74 Å². The zero-order valence-corrected chi connectivity index (χ0v) is 11.7. The summed E-state index contributed by atoms with van der Waals surface area (Å²) in [4.78, 5) is 23.0. The van der Waals surface area contributed by atoms with Gasteiger partial charge in [-0.2, -0.15) is 0 Å². The molecule has 1 aliphatic rings. The van der Waals surface area contributed by atoms with E-state index in [9.17, 15) is 9.59 Å². The summed E-state index contributed by atoms with van der Waals surface area (Å²) >= 11 is 0. The second-order valence-electron chi connectivity index (χ2n) is 5.17. The molecule has 0 saturated carbocycles. The van der Waals surface area contributed by atoms with Crippen LogP contribution in [0.15, 0.2) is 24.3 Å². The zero-order chi connectivity index (χ0) is 14.6. The lowest BCUT2D eigenvalue weighted by Gasteiger charge is -2.37. The lowest BCUT2D eigenvalue weighted by Crippen LogP contribution is -2.44. The number of rotatable bonds is 6. The number of ketones is 1. The smallest absolute Gasteiger partial charge is 0.379 e.